The van der Waals surface area contributed by atoms with Crippen molar-refractivity contribution in [3.05, 3.63) is 84.0 Å². The zero-order valence-electron chi connectivity index (χ0n) is 17.6. The molecule has 3 aromatic carbocycles. The first-order valence-corrected chi connectivity index (χ1v) is 11.5. The van der Waals surface area contributed by atoms with E-state index in [1.165, 1.54) is 4.70 Å². The van der Waals surface area contributed by atoms with Gasteiger partial charge in [-0.1, -0.05) is 31.2 Å². The van der Waals surface area contributed by atoms with Crippen LogP contribution < -0.4 is 10.6 Å². The molecule has 0 aliphatic rings. The maximum atomic E-state index is 12.1. The van der Waals surface area contributed by atoms with Crippen LogP contribution in [0.1, 0.15) is 23.7 Å². The maximum Gasteiger partial charge on any atom is 0.251 e. The summed E-state index contributed by atoms with van der Waals surface area (Å²) in [7, 11) is 0. The van der Waals surface area contributed by atoms with Crippen molar-refractivity contribution in [3.8, 4) is 11.1 Å². The molecule has 5 rings (SSSR count). The molecule has 0 aliphatic carbocycles. The first-order chi connectivity index (χ1) is 15.7. The zero-order chi connectivity index (χ0) is 21.9. The highest BCUT2D eigenvalue weighted by Crippen LogP contribution is 2.30. The van der Waals surface area contributed by atoms with E-state index < -0.39 is 0 Å². The zero-order valence-corrected chi connectivity index (χ0v) is 18.4. The van der Waals surface area contributed by atoms with Gasteiger partial charge in [-0.2, -0.15) is 0 Å². The molecular formula is C26H22N4OS. The topological polar surface area (TPSA) is 66.9 Å². The summed E-state index contributed by atoms with van der Waals surface area (Å²) in [5, 5.41) is 7.46. The Balaban J connectivity index is 1.41. The van der Waals surface area contributed by atoms with Gasteiger partial charge in [-0.3, -0.25) is 9.78 Å². The SMILES string of the molecule is CCCNC(=O)c1ccc(-c2ccc3c(Nc4ccc5scnc5c4)ccnc3c2)cc1. The number of amides is 1. The Kier molecular flexibility index (Phi) is 5.52. The van der Waals surface area contributed by atoms with Gasteiger partial charge in [-0.25, -0.2) is 4.98 Å². The molecule has 0 aliphatic heterocycles. The van der Waals surface area contributed by atoms with Crippen LogP contribution in [0.4, 0.5) is 11.4 Å². The van der Waals surface area contributed by atoms with Crippen molar-refractivity contribution in [2.75, 3.05) is 11.9 Å². The van der Waals surface area contributed by atoms with Crippen LogP contribution in [0.3, 0.4) is 0 Å². The molecule has 0 fully saturated rings. The number of benzene rings is 3. The summed E-state index contributed by atoms with van der Waals surface area (Å²) in [4.78, 5) is 21.1. The van der Waals surface area contributed by atoms with Gasteiger partial charge in [-0.05, 0) is 60.0 Å². The monoisotopic (exact) mass is 438 g/mol. The van der Waals surface area contributed by atoms with Crippen LogP contribution >= 0.6 is 11.3 Å². The average molecular weight is 439 g/mol. The molecular weight excluding hydrogens is 416 g/mol. The van der Waals surface area contributed by atoms with E-state index in [1.807, 2.05) is 49.0 Å². The summed E-state index contributed by atoms with van der Waals surface area (Å²) in [5.74, 6) is -0.0369. The van der Waals surface area contributed by atoms with E-state index in [0.29, 0.717) is 12.1 Å². The third kappa shape index (κ3) is 4.05. The molecule has 158 valence electrons. The lowest BCUT2D eigenvalue weighted by molar-refractivity contribution is 0.0953. The summed E-state index contributed by atoms with van der Waals surface area (Å²) < 4.78 is 1.17. The van der Waals surface area contributed by atoms with Crippen molar-refractivity contribution >= 4 is 49.7 Å². The van der Waals surface area contributed by atoms with E-state index in [1.54, 1.807) is 11.3 Å². The minimum atomic E-state index is -0.0369. The molecule has 6 heteroatoms. The molecule has 2 N–H and O–H groups in total. The molecule has 32 heavy (non-hydrogen) atoms. The Morgan fingerprint density at radius 1 is 0.906 bits per heavy atom. The second-order valence-corrected chi connectivity index (χ2v) is 8.47. The summed E-state index contributed by atoms with van der Waals surface area (Å²) in [6.45, 7) is 2.72. The largest absolute Gasteiger partial charge is 0.355 e. The summed E-state index contributed by atoms with van der Waals surface area (Å²) in [6.07, 6.45) is 2.74. The van der Waals surface area contributed by atoms with Gasteiger partial charge in [0.2, 0.25) is 0 Å². The van der Waals surface area contributed by atoms with Crippen molar-refractivity contribution in [2.24, 2.45) is 0 Å². The van der Waals surface area contributed by atoms with E-state index in [9.17, 15) is 4.79 Å². The van der Waals surface area contributed by atoms with Crippen molar-refractivity contribution in [1.29, 1.82) is 0 Å². The number of aromatic nitrogens is 2. The van der Waals surface area contributed by atoms with Crippen LogP contribution in [0.25, 0.3) is 32.2 Å². The number of nitrogens with zero attached hydrogens (tertiary/aromatic N) is 2. The van der Waals surface area contributed by atoms with Crippen LogP contribution in [0.15, 0.2) is 78.4 Å². The number of carbonyl (C=O) groups excluding carboxylic acids is 1. The molecule has 0 spiro atoms. The lowest BCUT2D eigenvalue weighted by atomic mass is 10.0. The Morgan fingerprint density at radius 3 is 2.59 bits per heavy atom. The predicted molar refractivity (Wildman–Crippen MR) is 133 cm³/mol. The molecule has 0 bridgehead atoms. The average Bonchev–Trinajstić information content (AvgIpc) is 3.30. The number of anilines is 2. The van der Waals surface area contributed by atoms with Crippen molar-refractivity contribution < 1.29 is 4.79 Å². The molecule has 0 atom stereocenters. The van der Waals surface area contributed by atoms with Crippen LogP contribution in [0.5, 0.6) is 0 Å². The standard InChI is InChI=1S/C26H22N4OS/c1-2-12-28-26(31)18-5-3-17(4-6-18)19-7-9-21-22(11-13-27-23(21)14-19)30-20-8-10-25-24(15-20)29-16-32-25/h3-11,13-16H,2,12H2,1H3,(H,27,30)(H,28,31). The number of nitrogens with one attached hydrogen (secondary N) is 2. The number of thiazole rings is 1. The van der Waals surface area contributed by atoms with E-state index in [-0.39, 0.29) is 5.91 Å². The lowest BCUT2D eigenvalue weighted by Crippen LogP contribution is -2.23. The lowest BCUT2D eigenvalue weighted by Gasteiger charge is -2.11. The van der Waals surface area contributed by atoms with Crippen molar-refractivity contribution in [2.45, 2.75) is 13.3 Å². The summed E-state index contributed by atoms with van der Waals surface area (Å²) >= 11 is 1.64. The number of fused-ring (bicyclic) bond motifs is 2. The van der Waals surface area contributed by atoms with Gasteiger partial charge in [0.25, 0.3) is 5.91 Å². The van der Waals surface area contributed by atoms with Gasteiger partial charge in [0.05, 0.1) is 21.2 Å². The highest BCUT2D eigenvalue weighted by Gasteiger charge is 2.08. The van der Waals surface area contributed by atoms with Crippen LogP contribution in [0.2, 0.25) is 0 Å². The molecule has 1 amide bonds. The summed E-state index contributed by atoms with van der Waals surface area (Å²) in [5.41, 5.74) is 8.54. The number of rotatable bonds is 6. The molecule has 5 nitrogen and oxygen atoms in total. The molecule has 5 aromatic rings. The van der Waals surface area contributed by atoms with Crippen molar-refractivity contribution in [1.82, 2.24) is 15.3 Å². The molecule has 0 radical (unpaired) electrons. The number of pyridine rings is 1. The first-order valence-electron chi connectivity index (χ1n) is 10.6. The highest BCUT2D eigenvalue weighted by atomic mass is 32.1. The van der Waals surface area contributed by atoms with E-state index >= 15 is 0 Å². The number of carbonyl (C=O) groups is 1. The van der Waals surface area contributed by atoms with E-state index in [2.05, 4.69) is 57.0 Å². The highest BCUT2D eigenvalue weighted by molar-refractivity contribution is 7.16. The summed E-state index contributed by atoms with van der Waals surface area (Å²) in [6, 6.07) is 22.1. The fourth-order valence-electron chi connectivity index (χ4n) is 3.68. The third-order valence-corrected chi connectivity index (χ3v) is 6.18. The Labute approximate surface area is 190 Å². The minimum absolute atomic E-state index is 0.0369. The Morgan fingerprint density at radius 2 is 1.75 bits per heavy atom. The van der Waals surface area contributed by atoms with Crippen LogP contribution in [0, 0.1) is 0 Å². The smallest absolute Gasteiger partial charge is 0.251 e. The Hall–Kier alpha value is -3.77. The van der Waals surface area contributed by atoms with E-state index in [4.69, 9.17) is 0 Å². The molecule has 2 heterocycles. The molecule has 0 saturated carbocycles. The third-order valence-electron chi connectivity index (χ3n) is 5.37. The molecule has 0 saturated heterocycles. The van der Waals surface area contributed by atoms with Gasteiger partial charge in [-0.15, -0.1) is 11.3 Å². The fraction of sp³-hybridized carbons (Fsp3) is 0.115. The fourth-order valence-corrected chi connectivity index (χ4v) is 4.34. The number of hydrogen-bond donors (Lipinski definition) is 2. The second kappa shape index (κ2) is 8.77. The van der Waals surface area contributed by atoms with Crippen LogP contribution in [-0.4, -0.2) is 22.4 Å². The van der Waals surface area contributed by atoms with Crippen LogP contribution in [-0.2, 0) is 0 Å². The van der Waals surface area contributed by atoms with Gasteiger partial charge in [0, 0.05) is 35.1 Å². The quantitative estimate of drug-likeness (QED) is 0.322. The molecule has 2 aromatic heterocycles. The Bertz CT molecular complexity index is 1410. The minimum Gasteiger partial charge on any atom is -0.355 e. The number of hydrogen-bond acceptors (Lipinski definition) is 5. The van der Waals surface area contributed by atoms with Gasteiger partial charge < -0.3 is 10.6 Å². The van der Waals surface area contributed by atoms with Gasteiger partial charge >= 0.3 is 0 Å². The molecule has 0 unspecified atom stereocenters. The van der Waals surface area contributed by atoms with E-state index in [0.717, 1.165) is 45.3 Å². The second-order valence-electron chi connectivity index (χ2n) is 7.58. The first kappa shape index (κ1) is 20.2. The van der Waals surface area contributed by atoms with Gasteiger partial charge in [0.15, 0.2) is 0 Å². The normalized spacial score (nSPS) is 11.0. The van der Waals surface area contributed by atoms with Crippen molar-refractivity contribution in [3.63, 3.8) is 0 Å². The van der Waals surface area contributed by atoms with Gasteiger partial charge in [0.1, 0.15) is 0 Å². The predicted octanol–water partition coefficient (Wildman–Crippen LogP) is 6.39. The maximum absolute atomic E-state index is 12.1.